The van der Waals surface area contributed by atoms with Gasteiger partial charge < -0.3 is 9.30 Å². The fraction of sp³-hybridized carbons (Fsp3) is 0.360. The van der Waals surface area contributed by atoms with E-state index in [1.165, 1.54) is 18.2 Å². The quantitative estimate of drug-likeness (QED) is 0.506. The van der Waals surface area contributed by atoms with Gasteiger partial charge in [0.15, 0.2) is 5.16 Å². The molecule has 1 unspecified atom stereocenters. The zero-order valence-corrected chi connectivity index (χ0v) is 19.5. The Bertz CT molecular complexity index is 1140. The summed E-state index contributed by atoms with van der Waals surface area (Å²) in [5.74, 6) is 2.07. The van der Waals surface area contributed by atoms with Crippen LogP contribution in [0.15, 0.2) is 64.9 Å². The van der Waals surface area contributed by atoms with Crippen molar-refractivity contribution in [1.82, 2.24) is 19.8 Å². The lowest BCUT2D eigenvalue weighted by Gasteiger charge is -2.22. The first kappa shape index (κ1) is 21.7. The summed E-state index contributed by atoms with van der Waals surface area (Å²) in [6.45, 7) is 0.924. The van der Waals surface area contributed by atoms with E-state index in [1.54, 1.807) is 12.1 Å². The van der Waals surface area contributed by atoms with Crippen molar-refractivity contribution in [3.63, 3.8) is 0 Å². The lowest BCUT2D eigenvalue weighted by Crippen LogP contribution is -2.28. The maximum absolute atomic E-state index is 13.4. The lowest BCUT2D eigenvalue weighted by atomic mass is 9.98. The second kappa shape index (κ2) is 9.79. The van der Waals surface area contributed by atoms with E-state index < -0.39 is 0 Å². The van der Waals surface area contributed by atoms with Gasteiger partial charge >= 0.3 is 0 Å². The molecule has 0 saturated carbocycles. The second-order valence-electron chi connectivity index (χ2n) is 8.29. The number of hydrazone groups is 1. The number of carbonyl (C=O) groups is 1. The van der Waals surface area contributed by atoms with Crippen molar-refractivity contribution in [2.24, 2.45) is 5.10 Å². The first-order chi connectivity index (χ1) is 16.2. The average molecular weight is 462 g/mol. The number of aryl methyl sites for hydroxylation is 1. The van der Waals surface area contributed by atoms with Crippen LogP contribution in [0.3, 0.4) is 0 Å². The SMILES string of the molecule is COc1ccc(C2CC(c3ccccc3)=NN2C(=O)CSc2nnc3n2CCCCC3)cc1. The summed E-state index contributed by atoms with van der Waals surface area (Å²) < 4.78 is 7.48. The van der Waals surface area contributed by atoms with Gasteiger partial charge in [-0.15, -0.1) is 10.2 Å². The molecule has 0 spiro atoms. The minimum atomic E-state index is -0.144. The van der Waals surface area contributed by atoms with Crippen molar-refractivity contribution < 1.29 is 9.53 Å². The molecule has 1 amide bonds. The van der Waals surface area contributed by atoms with Crippen LogP contribution in [0.5, 0.6) is 5.75 Å². The Balaban J connectivity index is 1.37. The highest BCUT2D eigenvalue weighted by Crippen LogP contribution is 2.34. The molecular weight excluding hydrogens is 434 g/mol. The molecule has 1 aromatic heterocycles. The molecular formula is C25H27N5O2S. The number of rotatable bonds is 6. The third-order valence-electron chi connectivity index (χ3n) is 6.17. The summed E-state index contributed by atoms with van der Waals surface area (Å²) in [5.41, 5.74) is 3.01. The standard InChI is InChI=1S/C25H27N5O2S/c1-32-20-13-11-19(12-14-20)22-16-21(18-8-4-2-5-9-18)28-30(22)24(31)17-33-25-27-26-23-10-6-3-7-15-29(23)25/h2,4-5,8-9,11-14,22H,3,6-7,10,15-17H2,1H3. The van der Waals surface area contributed by atoms with Crippen molar-refractivity contribution in [2.75, 3.05) is 12.9 Å². The highest BCUT2D eigenvalue weighted by molar-refractivity contribution is 7.99. The Morgan fingerprint density at radius 2 is 1.88 bits per heavy atom. The molecule has 0 N–H and O–H groups in total. The normalized spacial score (nSPS) is 17.9. The van der Waals surface area contributed by atoms with Crippen molar-refractivity contribution in [2.45, 2.75) is 49.8 Å². The zero-order chi connectivity index (χ0) is 22.6. The lowest BCUT2D eigenvalue weighted by molar-refractivity contribution is -0.130. The second-order valence-corrected chi connectivity index (χ2v) is 9.24. The predicted molar refractivity (Wildman–Crippen MR) is 128 cm³/mol. The van der Waals surface area contributed by atoms with Crippen molar-refractivity contribution in [1.29, 1.82) is 0 Å². The summed E-state index contributed by atoms with van der Waals surface area (Å²) in [4.78, 5) is 13.4. The van der Waals surface area contributed by atoms with Crippen LogP contribution in [0.2, 0.25) is 0 Å². The van der Waals surface area contributed by atoms with Gasteiger partial charge in [0.1, 0.15) is 11.6 Å². The number of carbonyl (C=O) groups excluding carboxylic acids is 1. The van der Waals surface area contributed by atoms with Gasteiger partial charge in [-0.05, 0) is 36.1 Å². The van der Waals surface area contributed by atoms with Gasteiger partial charge in [0.05, 0.1) is 24.6 Å². The van der Waals surface area contributed by atoms with Crippen LogP contribution >= 0.6 is 11.8 Å². The number of aromatic nitrogens is 3. The molecule has 0 saturated heterocycles. The number of methoxy groups -OCH3 is 1. The van der Waals surface area contributed by atoms with E-state index in [9.17, 15) is 4.79 Å². The highest BCUT2D eigenvalue weighted by atomic mass is 32.2. The van der Waals surface area contributed by atoms with Gasteiger partial charge in [0.25, 0.3) is 5.91 Å². The fourth-order valence-corrected chi connectivity index (χ4v) is 5.22. The van der Waals surface area contributed by atoms with Gasteiger partial charge in [-0.3, -0.25) is 4.79 Å². The van der Waals surface area contributed by atoms with E-state index in [2.05, 4.69) is 14.8 Å². The Morgan fingerprint density at radius 1 is 1.06 bits per heavy atom. The Kier molecular flexibility index (Phi) is 6.44. The number of hydrogen-bond acceptors (Lipinski definition) is 6. The number of thioether (sulfide) groups is 1. The summed E-state index contributed by atoms with van der Waals surface area (Å²) >= 11 is 1.46. The summed E-state index contributed by atoms with van der Waals surface area (Å²) in [7, 11) is 1.65. The van der Waals surface area contributed by atoms with Gasteiger partial charge in [-0.25, -0.2) is 5.01 Å². The molecule has 3 aromatic rings. The highest BCUT2D eigenvalue weighted by Gasteiger charge is 2.33. The van der Waals surface area contributed by atoms with Gasteiger partial charge in [0, 0.05) is 19.4 Å². The number of ether oxygens (including phenoxy) is 1. The zero-order valence-electron chi connectivity index (χ0n) is 18.7. The Morgan fingerprint density at radius 3 is 2.67 bits per heavy atom. The van der Waals surface area contributed by atoms with E-state index in [0.717, 1.165) is 59.4 Å². The minimum absolute atomic E-state index is 0.0299. The molecule has 2 aromatic carbocycles. The first-order valence-electron chi connectivity index (χ1n) is 11.4. The topological polar surface area (TPSA) is 72.6 Å². The largest absolute Gasteiger partial charge is 0.497 e. The van der Waals surface area contributed by atoms with Crippen LogP contribution in [0, 0.1) is 0 Å². The molecule has 5 rings (SSSR count). The smallest absolute Gasteiger partial charge is 0.253 e. The molecule has 3 heterocycles. The number of hydrogen-bond donors (Lipinski definition) is 0. The third kappa shape index (κ3) is 4.66. The number of nitrogens with zero attached hydrogens (tertiary/aromatic N) is 5. The van der Waals surface area contributed by atoms with Crippen LogP contribution in [-0.4, -0.2) is 44.3 Å². The number of fused-ring (bicyclic) bond motifs is 1. The van der Waals surface area contributed by atoms with Crippen LogP contribution in [0.4, 0.5) is 0 Å². The predicted octanol–water partition coefficient (Wildman–Crippen LogP) is 4.48. The summed E-state index contributed by atoms with van der Waals surface area (Å²) in [5, 5.41) is 16.0. The van der Waals surface area contributed by atoms with E-state index >= 15 is 0 Å². The molecule has 33 heavy (non-hydrogen) atoms. The molecule has 8 heteroatoms. The van der Waals surface area contributed by atoms with Gasteiger partial charge in [-0.2, -0.15) is 5.10 Å². The Labute approximate surface area is 197 Å². The van der Waals surface area contributed by atoms with Crippen molar-refractivity contribution >= 4 is 23.4 Å². The molecule has 0 radical (unpaired) electrons. The monoisotopic (exact) mass is 461 g/mol. The molecule has 2 aliphatic heterocycles. The number of benzene rings is 2. The maximum Gasteiger partial charge on any atom is 0.253 e. The third-order valence-corrected chi connectivity index (χ3v) is 7.13. The van der Waals surface area contributed by atoms with E-state index in [0.29, 0.717) is 6.42 Å². The van der Waals surface area contributed by atoms with Gasteiger partial charge in [0.2, 0.25) is 0 Å². The van der Waals surface area contributed by atoms with E-state index in [1.807, 2.05) is 54.6 Å². The first-order valence-corrected chi connectivity index (χ1v) is 12.4. The van der Waals surface area contributed by atoms with Crippen LogP contribution in [0.1, 0.15) is 48.7 Å². The minimum Gasteiger partial charge on any atom is -0.497 e. The van der Waals surface area contributed by atoms with E-state index in [4.69, 9.17) is 9.84 Å². The van der Waals surface area contributed by atoms with Crippen molar-refractivity contribution in [3.8, 4) is 5.75 Å². The van der Waals surface area contributed by atoms with Crippen LogP contribution in [-0.2, 0) is 17.8 Å². The molecule has 0 bridgehead atoms. The Hall–Kier alpha value is -3.13. The maximum atomic E-state index is 13.4. The molecule has 0 aliphatic carbocycles. The molecule has 7 nitrogen and oxygen atoms in total. The van der Waals surface area contributed by atoms with E-state index in [-0.39, 0.29) is 17.7 Å². The molecule has 2 aliphatic rings. The molecule has 1 atom stereocenters. The summed E-state index contributed by atoms with van der Waals surface area (Å²) in [6, 6.07) is 17.8. The average Bonchev–Trinajstić information content (AvgIpc) is 3.40. The molecule has 0 fully saturated rings. The van der Waals surface area contributed by atoms with Crippen molar-refractivity contribution in [3.05, 3.63) is 71.5 Å². The fourth-order valence-electron chi connectivity index (χ4n) is 4.39. The van der Waals surface area contributed by atoms with Crippen LogP contribution < -0.4 is 4.74 Å². The van der Waals surface area contributed by atoms with Gasteiger partial charge in [-0.1, -0.05) is 60.6 Å². The molecule has 170 valence electrons. The summed E-state index contributed by atoms with van der Waals surface area (Å²) in [6.07, 6.45) is 5.12. The number of amides is 1. The van der Waals surface area contributed by atoms with Crippen LogP contribution in [0.25, 0.3) is 0 Å².